The molecule has 0 bridgehead atoms. The van der Waals surface area contributed by atoms with Crippen LogP contribution < -0.4 is 15.8 Å². The highest BCUT2D eigenvalue weighted by molar-refractivity contribution is 6.01. The van der Waals surface area contributed by atoms with Crippen molar-refractivity contribution in [3.8, 4) is 5.75 Å². The summed E-state index contributed by atoms with van der Waals surface area (Å²) in [5.74, 6) is -0.833. The predicted molar refractivity (Wildman–Crippen MR) is 140 cm³/mol. The number of primary amides is 1. The van der Waals surface area contributed by atoms with Crippen LogP contribution in [-0.2, 0) is 38.8 Å². The average Bonchev–Trinajstić information content (AvgIpc) is 3.27. The van der Waals surface area contributed by atoms with E-state index in [-0.39, 0.29) is 25.3 Å². The standard InChI is InChI=1S/C28H36N4O6/c1-36-26(33)10-9-24(27(29)34)32-18-23-22(28(32)35)3-2-4-25(23)38-19-21-7-5-20(6-8-21)17-30-11-12-31-13-15-37-16-14-31/h2-8,24,30H,9-19H2,1H3,(H2,29,34). The first-order valence-electron chi connectivity index (χ1n) is 13.0. The molecule has 0 saturated carbocycles. The van der Waals surface area contributed by atoms with E-state index in [1.807, 2.05) is 18.2 Å². The summed E-state index contributed by atoms with van der Waals surface area (Å²) >= 11 is 0. The highest BCUT2D eigenvalue weighted by Crippen LogP contribution is 2.33. The number of hydrogen-bond acceptors (Lipinski definition) is 8. The normalized spacial score (nSPS) is 16.2. The van der Waals surface area contributed by atoms with Crippen molar-refractivity contribution in [1.29, 1.82) is 0 Å². The molecule has 2 aromatic rings. The zero-order valence-electron chi connectivity index (χ0n) is 21.8. The molecule has 204 valence electrons. The average molecular weight is 525 g/mol. The second kappa shape index (κ2) is 13.4. The molecule has 2 heterocycles. The molecule has 2 amide bonds. The Bertz CT molecular complexity index is 1120. The van der Waals surface area contributed by atoms with Gasteiger partial charge in [0.2, 0.25) is 5.91 Å². The van der Waals surface area contributed by atoms with E-state index in [9.17, 15) is 14.4 Å². The van der Waals surface area contributed by atoms with Crippen molar-refractivity contribution in [3.63, 3.8) is 0 Å². The summed E-state index contributed by atoms with van der Waals surface area (Å²) in [7, 11) is 1.28. The van der Waals surface area contributed by atoms with E-state index in [0.717, 1.165) is 51.5 Å². The van der Waals surface area contributed by atoms with Gasteiger partial charge in [0.1, 0.15) is 18.4 Å². The van der Waals surface area contributed by atoms with Crippen molar-refractivity contribution < 1.29 is 28.6 Å². The molecule has 10 nitrogen and oxygen atoms in total. The third-order valence-corrected chi connectivity index (χ3v) is 6.96. The second-order valence-electron chi connectivity index (χ2n) is 9.48. The number of fused-ring (bicyclic) bond motifs is 1. The number of nitrogens with zero attached hydrogens (tertiary/aromatic N) is 2. The van der Waals surface area contributed by atoms with Gasteiger partial charge in [0.15, 0.2) is 0 Å². The zero-order chi connectivity index (χ0) is 26.9. The van der Waals surface area contributed by atoms with Gasteiger partial charge in [-0.15, -0.1) is 0 Å². The molecule has 4 rings (SSSR count). The molecule has 0 aromatic heterocycles. The van der Waals surface area contributed by atoms with Crippen molar-refractivity contribution in [2.24, 2.45) is 5.73 Å². The maximum absolute atomic E-state index is 13.1. The van der Waals surface area contributed by atoms with Crippen LogP contribution in [0.2, 0.25) is 0 Å². The highest BCUT2D eigenvalue weighted by atomic mass is 16.5. The Morgan fingerprint density at radius 1 is 1.11 bits per heavy atom. The molecule has 1 fully saturated rings. The molecule has 2 aliphatic heterocycles. The van der Waals surface area contributed by atoms with Crippen molar-refractivity contribution in [2.75, 3.05) is 46.5 Å². The van der Waals surface area contributed by atoms with Crippen molar-refractivity contribution in [3.05, 3.63) is 64.7 Å². The molecule has 0 spiro atoms. The largest absolute Gasteiger partial charge is 0.489 e. The van der Waals surface area contributed by atoms with E-state index in [1.54, 1.807) is 12.1 Å². The number of morpholine rings is 1. The van der Waals surface area contributed by atoms with Crippen LogP contribution in [0.4, 0.5) is 0 Å². The minimum atomic E-state index is -0.906. The number of methoxy groups -OCH3 is 1. The zero-order valence-corrected chi connectivity index (χ0v) is 21.8. The van der Waals surface area contributed by atoms with Crippen molar-refractivity contribution in [2.45, 2.75) is 38.6 Å². The lowest BCUT2D eigenvalue weighted by Gasteiger charge is -2.26. The van der Waals surface area contributed by atoms with E-state index >= 15 is 0 Å². The molecule has 0 radical (unpaired) electrons. The lowest BCUT2D eigenvalue weighted by Crippen LogP contribution is -2.45. The summed E-state index contributed by atoms with van der Waals surface area (Å²) in [4.78, 5) is 40.5. The first-order valence-corrected chi connectivity index (χ1v) is 13.0. The number of hydrogen-bond donors (Lipinski definition) is 2. The van der Waals surface area contributed by atoms with Crippen LogP contribution in [0.5, 0.6) is 5.75 Å². The number of amides is 2. The highest BCUT2D eigenvalue weighted by Gasteiger charge is 2.37. The predicted octanol–water partition coefficient (Wildman–Crippen LogP) is 1.45. The van der Waals surface area contributed by atoms with Crippen LogP contribution in [0.3, 0.4) is 0 Å². The Balaban J connectivity index is 1.30. The van der Waals surface area contributed by atoms with Gasteiger partial charge in [0.05, 0.1) is 26.9 Å². The summed E-state index contributed by atoms with van der Waals surface area (Å²) < 4.78 is 16.1. The molecule has 10 heteroatoms. The molecule has 1 atom stereocenters. The monoisotopic (exact) mass is 524 g/mol. The Kier molecular flexibility index (Phi) is 9.69. The van der Waals surface area contributed by atoms with Crippen LogP contribution >= 0.6 is 0 Å². The van der Waals surface area contributed by atoms with Gasteiger partial charge in [-0.05, 0) is 29.7 Å². The molecule has 3 N–H and O–H groups in total. The quantitative estimate of drug-likeness (QED) is 0.298. The molecule has 2 aromatic carbocycles. The number of carbonyl (C=O) groups is 3. The number of nitrogens with two attached hydrogens (primary N) is 1. The lowest BCUT2D eigenvalue weighted by molar-refractivity contribution is -0.141. The molecule has 2 aliphatic rings. The van der Waals surface area contributed by atoms with Crippen LogP contribution in [0.15, 0.2) is 42.5 Å². The molecule has 38 heavy (non-hydrogen) atoms. The smallest absolute Gasteiger partial charge is 0.305 e. The van der Waals surface area contributed by atoms with Gasteiger partial charge >= 0.3 is 5.97 Å². The summed E-state index contributed by atoms with van der Waals surface area (Å²) in [5.41, 5.74) is 8.96. The molecule has 1 unspecified atom stereocenters. The first kappa shape index (κ1) is 27.6. The molecular weight excluding hydrogens is 488 g/mol. The number of esters is 1. The van der Waals surface area contributed by atoms with Crippen molar-refractivity contribution in [1.82, 2.24) is 15.1 Å². The maximum atomic E-state index is 13.1. The molecule has 0 aliphatic carbocycles. The van der Waals surface area contributed by atoms with Gasteiger partial charge in [0, 0.05) is 50.3 Å². The van der Waals surface area contributed by atoms with Gasteiger partial charge < -0.3 is 30.2 Å². The van der Waals surface area contributed by atoms with E-state index < -0.39 is 17.9 Å². The van der Waals surface area contributed by atoms with Gasteiger partial charge in [-0.2, -0.15) is 0 Å². The van der Waals surface area contributed by atoms with E-state index in [4.69, 9.17) is 15.2 Å². The second-order valence-corrected chi connectivity index (χ2v) is 9.48. The van der Waals surface area contributed by atoms with Crippen LogP contribution in [0, 0.1) is 0 Å². The number of benzene rings is 2. The molecular formula is C28H36N4O6. The van der Waals surface area contributed by atoms with Gasteiger partial charge in [-0.3, -0.25) is 19.3 Å². The fraction of sp³-hybridized carbons (Fsp3) is 0.464. The van der Waals surface area contributed by atoms with E-state index in [0.29, 0.717) is 23.5 Å². The van der Waals surface area contributed by atoms with E-state index in [1.165, 1.54) is 17.6 Å². The molecule has 1 saturated heterocycles. The summed E-state index contributed by atoms with van der Waals surface area (Å²) in [6, 6.07) is 12.6. The fourth-order valence-corrected chi connectivity index (χ4v) is 4.73. The summed E-state index contributed by atoms with van der Waals surface area (Å²) in [6.07, 6.45) is 0.0966. The number of nitrogens with one attached hydrogen (secondary N) is 1. The first-order chi connectivity index (χ1) is 18.5. The van der Waals surface area contributed by atoms with Crippen molar-refractivity contribution >= 4 is 17.8 Å². The van der Waals surface area contributed by atoms with Crippen LogP contribution in [0.1, 0.15) is 39.9 Å². The number of rotatable bonds is 13. The SMILES string of the molecule is COC(=O)CCC(C(N)=O)N1Cc2c(OCc3ccc(CNCCN4CCOCC4)cc3)cccc2C1=O. The minimum absolute atomic E-state index is 0.00697. The Morgan fingerprint density at radius 2 is 1.84 bits per heavy atom. The summed E-state index contributed by atoms with van der Waals surface area (Å²) in [6.45, 7) is 6.89. The van der Waals surface area contributed by atoms with Gasteiger partial charge in [-0.1, -0.05) is 30.3 Å². The Morgan fingerprint density at radius 3 is 2.55 bits per heavy atom. The van der Waals surface area contributed by atoms with Crippen LogP contribution in [0.25, 0.3) is 0 Å². The fourth-order valence-electron chi connectivity index (χ4n) is 4.73. The topological polar surface area (TPSA) is 123 Å². The third-order valence-electron chi connectivity index (χ3n) is 6.96. The minimum Gasteiger partial charge on any atom is -0.489 e. The third kappa shape index (κ3) is 7.09. The summed E-state index contributed by atoms with van der Waals surface area (Å²) in [5, 5.41) is 3.49. The van der Waals surface area contributed by atoms with E-state index in [2.05, 4.69) is 27.1 Å². The van der Waals surface area contributed by atoms with Gasteiger partial charge in [-0.25, -0.2) is 0 Å². The van der Waals surface area contributed by atoms with Gasteiger partial charge in [0.25, 0.3) is 5.91 Å². The van der Waals surface area contributed by atoms with Crippen LogP contribution in [-0.4, -0.2) is 80.1 Å². The lowest BCUT2D eigenvalue weighted by atomic mass is 10.1. The Labute approximate surface area is 223 Å². The Hall–Kier alpha value is -3.47. The number of carbonyl (C=O) groups excluding carboxylic acids is 3. The maximum Gasteiger partial charge on any atom is 0.305 e. The number of ether oxygens (including phenoxy) is 3.